The smallest absolute Gasteiger partial charge is 0.187 e. The normalized spacial score (nSPS) is 12.3. The molecule has 0 radical (unpaired) electrons. The minimum absolute atomic E-state index is 0.479. The van der Waals surface area contributed by atoms with Gasteiger partial charge in [0.2, 0.25) is 0 Å². The Kier molecular flexibility index (Phi) is 4.03. The molecule has 0 spiro atoms. The van der Waals surface area contributed by atoms with Crippen molar-refractivity contribution in [1.29, 1.82) is 0 Å². The fourth-order valence-corrected chi connectivity index (χ4v) is 3.49. The molecule has 4 rings (SSSR count). The Morgan fingerprint density at radius 1 is 1.08 bits per heavy atom. The summed E-state index contributed by atoms with van der Waals surface area (Å²) in [5.41, 5.74) is 6.48. The summed E-state index contributed by atoms with van der Waals surface area (Å²) in [6.45, 7) is 4.41. The first kappa shape index (κ1) is 16.5. The van der Waals surface area contributed by atoms with Crippen LogP contribution in [0.25, 0.3) is 28.1 Å². The first-order chi connectivity index (χ1) is 12.6. The molecule has 0 aliphatic carbocycles. The predicted molar refractivity (Wildman–Crippen MR) is 107 cm³/mol. The molecule has 3 aromatic rings. The quantitative estimate of drug-likeness (QED) is 0.683. The first-order valence-electron chi connectivity index (χ1n) is 8.75. The average molecular weight is 346 g/mol. The Bertz CT molecular complexity index is 1020. The molecular weight excluding hydrogens is 324 g/mol. The molecule has 1 aliphatic heterocycles. The molecule has 4 nitrogen and oxygen atoms in total. The number of anilines is 1. The summed E-state index contributed by atoms with van der Waals surface area (Å²) >= 11 is 0. The zero-order valence-electron chi connectivity index (χ0n) is 15.5. The zero-order chi connectivity index (χ0) is 18.3. The molecule has 26 heavy (non-hydrogen) atoms. The molecule has 0 amide bonds. The molecule has 132 valence electrons. The van der Waals surface area contributed by atoms with Crippen molar-refractivity contribution >= 4 is 22.7 Å². The van der Waals surface area contributed by atoms with E-state index in [1.165, 1.54) is 5.56 Å². The maximum Gasteiger partial charge on any atom is 0.187 e. The molecule has 0 saturated heterocycles. The highest BCUT2D eigenvalue weighted by molar-refractivity contribution is 6.09. The Morgan fingerprint density at radius 2 is 1.92 bits per heavy atom. The number of pyridine rings is 1. The lowest BCUT2D eigenvalue weighted by molar-refractivity contribution is 0.358. The van der Waals surface area contributed by atoms with Crippen LogP contribution in [0, 0.1) is 0 Å². The van der Waals surface area contributed by atoms with Crippen molar-refractivity contribution in [2.45, 2.75) is 19.8 Å². The fraction of sp³-hybridized carbons (Fsp3) is 0.227. The van der Waals surface area contributed by atoms with Crippen LogP contribution in [0.3, 0.4) is 0 Å². The number of nitrogens with zero attached hydrogens (tertiary/aromatic N) is 1. The molecule has 0 saturated carbocycles. The first-order valence-corrected chi connectivity index (χ1v) is 8.75. The summed E-state index contributed by atoms with van der Waals surface area (Å²) in [5, 5.41) is 4.47. The molecule has 0 unspecified atom stereocenters. The Morgan fingerprint density at radius 3 is 2.65 bits per heavy atom. The molecule has 1 aromatic heterocycles. The molecule has 4 heteroatoms. The Hall–Kier alpha value is -3.01. The Balaban J connectivity index is 2.01. The van der Waals surface area contributed by atoms with Gasteiger partial charge in [-0.1, -0.05) is 38.1 Å². The number of ether oxygens (including phenoxy) is 2. The van der Waals surface area contributed by atoms with E-state index in [-0.39, 0.29) is 0 Å². The highest BCUT2D eigenvalue weighted by atomic mass is 16.5. The van der Waals surface area contributed by atoms with Crippen molar-refractivity contribution < 1.29 is 9.47 Å². The molecule has 0 atom stereocenters. The third kappa shape index (κ3) is 2.49. The molecular formula is C22H22N2O2. The number of nitrogens with one attached hydrogen (secondary N) is 1. The van der Waals surface area contributed by atoms with E-state index in [9.17, 15) is 0 Å². The number of hydrogen-bond acceptors (Lipinski definition) is 4. The van der Waals surface area contributed by atoms with E-state index in [4.69, 9.17) is 14.5 Å². The van der Waals surface area contributed by atoms with Gasteiger partial charge in [-0.15, -0.1) is 0 Å². The van der Waals surface area contributed by atoms with E-state index in [0.717, 1.165) is 33.3 Å². The highest BCUT2D eigenvalue weighted by Gasteiger charge is 2.21. The van der Waals surface area contributed by atoms with Crippen molar-refractivity contribution in [3.8, 4) is 22.6 Å². The van der Waals surface area contributed by atoms with Crippen LogP contribution in [-0.4, -0.2) is 19.2 Å². The van der Waals surface area contributed by atoms with E-state index in [2.05, 4.69) is 43.4 Å². The minimum atomic E-state index is 0.479. The summed E-state index contributed by atoms with van der Waals surface area (Å²) in [5.74, 6) is 1.83. The number of aromatic nitrogens is 1. The molecule has 0 fully saturated rings. The molecule has 1 N–H and O–H groups in total. The minimum Gasteiger partial charge on any atom is -0.493 e. The summed E-state index contributed by atoms with van der Waals surface area (Å²) in [6.07, 6.45) is 5.90. The predicted octanol–water partition coefficient (Wildman–Crippen LogP) is 5.44. The third-order valence-electron chi connectivity index (χ3n) is 4.87. The van der Waals surface area contributed by atoms with E-state index in [1.807, 2.05) is 24.5 Å². The lowest BCUT2D eigenvalue weighted by Crippen LogP contribution is -2.03. The lowest BCUT2D eigenvalue weighted by Gasteiger charge is -2.21. The Labute approximate surface area is 153 Å². The van der Waals surface area contributed by atoms with Crippen LogP contribution in [0.2, 0.25) is 0 Å². The van der Waals surface area contributed by atoms with Crippen LogP contribution in [0.5, 0.6) is 11.5 Å². The lowest BCUT2D eigenvalue weighted by atomic mass is 9.94. The van der Waals surface area contributed by atoms with Gasteiger partial charge in [0, 0.05) is 23.3 Å². The third-order valence-corrected chi connectivity index (χ3v) is 4.87. The van der Waals surface area contributed by atoms with Gasteiger partial charge in [0.15, 0.2) is 11.5 Å². The summed E-state index contributed by atoms with van der Waals surface area (Å²) in [6, 6.07) is 10.6. The summed E-state index contributed by atoms with van der Waals surface area (Å²) in [7, 11) is 3.29. The van der Waals surface area contributed by atoms with Gasteiger partial charge in [0.25, 0.3) is 0 Å². The largest absolute Gasteiger partial charge is 0.493 e. The van der Waals surface area contributed by atoms with Crippen LogP contribution in [-0.2, 0) is 0 Å². The fourth-order valence-electron chi connectivity index (χ4n) is 3.49. The standard InChI is InChI=1S/C22H22N2O2/c1-13(2)14-6-5-7-15(10-14)17-12-24-21-19-16(8-9-23-20(17)19)11-18(25-3)22(21)26-4/h5-13,23H,1-4H3. The van der Waals surface area contributed by atoms with Gasteiger partial charge >= 0.3 is 0 Å². The van der Waals surface area contributed by atoms with Gasteiger partial charge in [-0.2, -0.15) is 0 Å². The van der Waals surface area contributed by atoms with Crippen LogP contribution in [0.4, 0.5) is 5.69 Å². The second-order valence-corrected chi connectivity index (χ2v) is 6.73. The molecule has 0 bridgehead atoms. The zero-order valence-corrected chi connectivity index (χ0v) is 15.5. The van der Waals surface area contributed by atoms with E-state index in [1.54, 1.807) is 14.2 Å². The van der Waals surface area contributed by atoms with Crippen LogP contribution in [0.15, 0.2) is 42.7 Å². The van der Waals surface area contributed by atoms with Crippen LogP contribution < -0.4 is 14.8 Å². The van der Waals surface area contributed by atoms with Crippen molar-refractivity contribution in [3.05, 3.63) is 53.9 Å². The highest BCUT2D eigenvalue weighted by Crippen LogP contribution is 2.45. The number of rotatable bonds is 4. The number of hydrogen-bond donors (Lipinski definition) is 1. The average Bonchev–Trinajstić information content (AvgIpc) is 2.68. The molecule has 2 aromatic carbocycles. The summed E-state index contributed by atoms with van der Waals surface area (Å²) in [4.78, 5) is 4.74. The SMILES string of the molecule is COc1cc2c3c(c(-c4cccc(C(C)C)c4)cnc3c1OC)NC=C2. The number of methoxy groups -OCH3 is 2. The second kappa shape index (κ2) is 6.37. The topological polar surface area (TPSA) is 43.4 Å². The van der Waals surface area contributed by atoms with Gasteiger partial charge in [0.1, 0.15) is 5.52 Å². The van der Waals surface area contributed by atoms with Crippen LogP contribution in [0.1, 0.15) is 30.9 Å². The van der Waals surface area contributed by atoms with Crippen molar-refractivity contribution in [2.24, 2.45) is 0 Å². The molecule has 2 heterocycles. The van der Waals surface area contributed by atoms with E-state index >= 15 is 0 Å². The van der Waals surface area contributed by atoms with Crippen molar-refractivity contribution in [1.82, 2.24) is 4.98 Å². The van der Waals surface area contributed by atoms with Gasteiger partial charge < -0.3 is 14.8 Å². The van der Waals surface area contributed by atoms with E-state index < -0.39 is 0 Å². The van der Waals surface area contributed by atoms with Crippen molar-refractivity contribution in [2.75, 3.05) is 19.5 Å². The number of benzene rings is 2. The summed E-state index contributed by atoms with van der Waals surface area (Å²) < 4.78 is 11.1. The van der Waals surface area contributed by atoms with Gasteiger partial charge in [0.05, 0.1) is 19.9 Å². The van der Waals surface area contributed by atoms with Gasteiger partial charge in [-0.05, 0) is 34.8 Å². The maximum absolute atomic E-state index is 5.58. The van der Waals surface area contributed by atoms with Crippen molar-refractivity contribution in [3.63, 3.8) is 0 Å². The second-order valence-electron chi connectivity index (χ2n) is 6.73. The maximum atomic E-state index is 5.58. The van der Waals surface area contributed by atoms with Crippen LogP contribution >= 0.6 is 0 Å². The van der Waals surface area contributed by atoms with E-state index in [0.29, 0.717) is 17.4 Å². The monoisotopic (exact) mass is 346 g/mol. The van der Waals surface area contributed by atoms with Gasteiger partial charge in [-0.3, -0.25) is 4.98 Å². The van der Waals surface area contributed by atoms with Gasteiger partial charge in [-0.25, -0.2) is 0 Å². The molecule has 1 aliphatic rings.